The highest BCUT2D eigenvalue weighted by Crippen LogP contribution is 2.20. The minimum atomic E-state index is -0.189. The molecule has 0 spiro atoms. The van der Waals surface area contributed by atoms with Gasteiger partial charge in [-0.3, -0.25) is 9.78 Å². The van der Waals surface area contributed by atoms with Crippen LogP contribution in [0, 0.1) is 0 Å². The summed E-state index contributed by atoms with van der Waals surface area (Å²) >= 11 is 0. The predicted octanol–water partition coefficient (Wildman–Crippen LogP) is 2.09. The monoisotopic (exact) mass is 336 g/mol. The van der Waals surface area contributed by atoms with Gasteiger partial charge in [-0.05, 0) is 18.6 Å². The molecule has 1 atom stereocenters. The summed E-state index contributed by atoms with van der Waals surface area (Å²) in [7, 11) is 0. The van der Waals surface area contributed by atoms with Crippen molar-refractivity contribution < 1.29 is 4.79 Å². The summed E-state index contributed by atoms with van der Waals surface area (Å²) in [6, 6.07) is 7.58. The molecule has 1 aliphatic heterocycles. The van der Waals surface area contributed by atoms with Gasteiger partial charge in [-0.2, -0.15) is 0 Å². The van der Waals surface area contributed by atoms with E-state index in [-0.39, 0.29) is 11.9 Å². The van der Waals surface area contributed by atoms with E-state index in [2.05, 4.69) is 43.9 Å². The van der Waals surface area contributed by atoms with Crippen molar-refractivity contribution in [1.82, 2.24) is 30.0 Å². The van der Waals surface area contributed by atoms with Crippen molar-refractivity contribution in [2.75, 3.05) is 0 Å². The summed E-state index contributed by atoms with van der Waals surface area (Å²) < 4.78 is 2.13. The Morgan fingerprint density at radius 1 is 1.24 bits per heavy atom. The Bertz CT molecular complexity index is 932. The lowest BCUT2D eigenvalue weighted by molar-refractivity contribution is 0.0922. The van der Waals surface area contributed by atoms with Crippen LogP contribution in [0.5, 0.6) is 0 Å². The second-order valence-electron chi connectivity index (χ2n) is 6.69. The fourth-order valence-electron chi connectivity index (χ4n) is 3.22. The number of hydrogen-bond acceptors (Lipinski definition) is 5. The molecule has 1 aliphatic rings. The fraction of sp³-hybridized carbons (Fsp3) is 0.389. The number of carbonyl (C=O) groups is 1. The highest BCUT2D eigenvalue weighted by Gasteiger charge is 2.25. The van der Waals surface area contributed by atoms with Crippen molar-refractivity contribution in [2.45, 2.75) is 45.2 Å². The van der Waals surface area contributed by atoms with Crippen LogP contribution in [0.1, 0.15) is 48.3 Å². The summed E-state index contributed by atoms with van der Waals surface area (Å²) in [5.74, 6) is 2.09. The number of amides is 1. The number of hydrogen-bond donors (Lipinski definition) is 1. The molecule has 4 rings (SSSR count). The van der Waals surface area contributed by atoms with Gasteiger partial charge in [0, 0.05) is 24.9 Å². The van der Waals surface area contributed by atoms with Crippen LogP contribution in [0.15, 0.2) is 30.5 Å². The molecule has 0 unspecified atom stereocenters. The van der Waals surface area contributed by atoms with Gasteiger partial charge in [0.05, 0.1) is 17.2 Å². The molecule has 0 fully saturated rings. The third-order valence-electron chi connectivity index (χ3n) is 4.51. The van der Waals surface area contributed by atoms with Crippen molar-refractivity contribution in [1.29, 1.82) is 0 Å². The Morgan fingerprint density at radius 2 is 2.04 bits per heavy atom. The molecule has 0 radical (unpaired) electrons. The highest BCUT2D eigenvalue weighted by atomic mass is 16.2. The average Bonchev–Trinajstić information content (AvgIpc) is 3.04. The number of rotatable bonds is 3. The van der Waals surface area contributed by atoms with E-state index in [0.29, 0.717) is 18.2 Å². The van der Waals surface area contributed by atoms with Crippen molar-refractivity contribution in [3.05, 3.63) is 47.8 Å². The molecule has 0 aliphatic carbocycles. The molecule has 7 heteroatoms. The van der Waals surface area contributed by atoms with E-state index in [1.807, 2.05) is 24.3 Å². The van der Waals surface area contributed by atoms with Crippen LogP contribution in [0.4, 0.5) is 0 Å². The third-order valence-corrected chi connectivity index (χ3v) is 4.51. The highest BCUT2D eigenvalue weighted by molar-refractivity contribution is 5.93. The maximum Gasteiger partial charge on any atom is 0.271 e. The minimum absolute atomic E-state index is 0.0433. The van der Waals surface area contributed by atoms with Gasteiger partial charge in [0.1, 0.15) is 17.3 Å². The van der Waals surface area contributed by atoms with Crippen molar-refractivity contribution in [2.24, 2.45) is 0 Å². The molecule has 7 nitrogen and oxygen atoms in total. The lowest BCUT2D eigenvalue weighted by atomic mass is 10.1. The normalized spacial score (nSPS) is 16.8. The number of aryl methyl sites for hydroxylation is 1. The summed E-state index contributed by atoms with van der Waals surface area (Å²) in [5, 5.41) is 11.6. The van der Waals surface area contributed by atoms with Crippen LogP contribution in [0.25, 0.3) is 11.0 Å². The zero-order valence-corrected chi connectivity index (χ0v) is 14.3. The van der Waals surface area contributed by atoms with Gasteiger partial charge >= 0.3 is 0 Å². The number of fused-ring (bicyclic) bond motifs is 2. The van der Waals surface area contributed by atoms with E-state index in [1.54, 1.807) is 0 Å². The molecule has 0 bridgehead atoms. The van der Waals surface area contributed by atoms with E-state index in [9.17, 15) is 4.79 Å². The largest absolute Gasteiger partial charge is 0.346 e. The zero-order valence-electron chi connectivity index (χ0n) is 14.3. The Morgan fingerprint density at radius 3 is 2.84 bits per heavy atom. The lowest BCUT2D eigenvalue weighted by Gasteiger charge is -2.25. The maximum absolute atomic E-state index is 12.6. The van der Waals surface area contributed by atoms with E-state index in [1.165, 1.54) is 6.20 Å². The van der Waals surface area contributed by atoms with Crippen LogP contribution in [-0.4, -0.2) is 36.7 Å². The molecule has 1 amide bonds. The van der Waals surface area contributed by atoms with Gasteiger partial charge in [-0.15, -0.1) is 10.2 Å². The van der Waals surface area contributed by atoms with E-state index < -0.39 is 0 Å². The molecule has 3 heterocycles. The smallest absolute Gasteiger partial charge is 0.271 e. The third kappa shape index (κ3) is 2.97. The maximum atomic E-state index is 12.6. The fourth-order valence-corrected chi connectivity index (χ4v) is 3.22. The van der Waals surface area contributed by atoms with Gasteiger partial charge in [0.2, 0.25) is 0 Å². The molecule has 1 aromatic carbocycles. The summed E-state index contributed by atoms with van der Waals surface area (Å²) in [5.41, 5.74) is 1.85. The van der Waals surface area contributed by atoms with Crippen LogP contribution >= 0.6 is 0 Å². The number of benzene rings is 1. The predicted molar refractivity (Wildman–Crippen MR) is 93.2 cm³/mol. The molecule has 128 valence electrons. The molecule has 0 saturated heterocycles. The van der Waals surface area contributed by atoms with Gasteiger partial charge in [-0.25, -0.2) is 4.98 Å². The molecule has 3 aromatic rings. The number of para-hydroxylation sites is 2. The van der Waals surface area contributed by atoms with Gasteiger partial charge in [0.25, 0.3) is 5.91 Å². The summed E-state index contributed by atoms with van der Waals surface area (Å²) in [6.07, 6.45) is 3.20. The first kappa shape index (κ1) is 15.7. The topological polar surface area (TPSA) is 85.6 Å². The number of nitrogens with one attached hydrogen (secondary N) is 1. The average molecular weight is 336 g/mol. The Balaban J connectivity index is 1.51. The molecular formula is C18H20N6O. The standard InChI is InChI=1S/C18H20N6O/c1-11(2)17-23-22-16-8-7-12(10-24(16)17)20-18(25)15-9-19-13-5-3-4-6-14(13)21-15/h3-6,9,11-12H,7-8,10H2,1-2H3,(H,20,25)/t12-/m1/s1. The first-order chi connectivity index (χ1) is 12.1. The van der Waals surface area contributed by atoms with E-state index in [0.717, 1.165) is 35.5 Å². The molecule has 2 aromatic heterocycles. The SMILES string of the molecule is CC(C)c1nnc2n1C[C@H](NC(=O)c1cnc3ccccc3n1)CC2. The first-order valence-electron chi connectivity index (χ1n) is 8.56. The summed E-state index contributed by atoms with van der Waals surface area (Å²) in [4.78, 5) is 21.3. The number of nitrogens with zero attached hydrogens (tertiary/aromatic N) is 5. The van der Waals surface area contributed by atoms with Crippen molar-refractivity contribution in [3.63, 3.8) is 0 Å². The van der Waals surface area contributed by atoms with Crippen LogP contribution < -0.4 is 5.32 Å². The minimum Gasteiger partial charge on any atom is -0.346 e. The van der Waals surface area contributed by atoms with Gasteiger partial charge in [-0.1, -0.05) is 26.0 Å². The summed E-state index contributed by atoms with van der Waals surface area (Å²) in [6.45, 7) is 4.90. The van der Waals surface area contributed by atoms with E-state index in [4.69, 9.17) is 0 Å². The second kappa shape index (κ2) is 6.23. The zero-order chi connectivity index (χ0) is 17.4. The Kier molecular flexibility index (Phi) is 3.91. The molecule has 25 heavy (non-hydrogen) atoms. The Labute approximate surface area is 145 Å². The number of aromatic nitrogens is 5. The Hall–Kier alpha value is -2.83. The second-order valence-corrected chi connectivity index (χ2v) is 6.69. The molecular weight excluding hydrogens is 316 g/mol. The quantitative estimate of drug-likeness (QED) is 0.791. The van der Waals surface area contributed by atoms with Crippen LogP contribution in [-0.2, 0) is 13.0 Å². The van der Waals surface area contributed by atoms with Gasteiger partial charge in [0.15, 0.2) is 0 Å². The van der Waals surface area contributed by atoms with Crippen molar-refractivity contribution >= 4 is 16.9 Å². The van der Waals surface area contributed by atoms with Crippen LogP contribution in [0.3, 0.4) is 0 Å². The lowest BCUT2D eigenvalue weighted by Crippen LogP contribution is -2.41. The molecule has 1 N–H and O–H groups in total. The van der Waals surface area contributed by atoms with Gasteiger partial charge < -0.3 is 9.88 Å². The van der Waals surface area contributed by atoms with Crippen molar-refractivity contribution in [3.8, 4) is 0 Å². The first-order valence-corrected chi connectivity index (χ1v) is 8.56. The molecule has 0 saturated carbocycles. The van der Waals surface area contributed by atoms with Crippen LogP contribution in [0.2, 0.25) is 0 Å². The van der Waals surface area contributed by atoms with E-state index >= 15 is 0 Å². The number of carbonyl (C=O) groups excluding carboxylic acids is 1.